The van der Waals surface area contributed by atoms with Crippen molar-refractivity contribution in [2.24, 2.45) is 0 Å². The van der Waals surface area contributed by atoms with Crippen molar-refractivity contribution in [2.45, 2.75) is 45.1 Å². The molecule has 3 rings (SSSR count). The quantitative estimate of drug-likeness (QED) is 0.481. The van der Waals surface area contributed by atoms with Crippen molar-refractivity contribution in [3.63, 3.8) is 0 Å². The molecule has 0 aliphatic heterocycles. The Morgan fingerprint density at radius 2 is 1.80 bits per heavy atom. The molecule has 1 aromatic heterocycles. The van der Waals surface area contributed by atoms with Crippen LogP contribution < -0.4 is 4.31 Å². The summed E-state index contributed by atoms with van der Waals surface area (Å²) in [4.78, 5) is 0.135. The lowest BCUT2D eigenvalue weighted by atomic mass is 10.1. The van der Waals surface area contributed by atoms with Gasteiger partial charge in [0.25, 0.3) is 10.0 Å². The third kappa shape index (κ3) is 4.06. The predicted octanol–water partition coefficient (Wildman–Crippen LogP) is 5.06. The van der Waals surface area contributed by atoms with Crippen molar-refractivity contribution in [3.05, 3.63) is 59.1 Å². The van der Waals surface area contributed by atoms with E-state index in [2.05, 4.69) is 10.2 Å². The minimum atomic E-state index is -3.93. The van der Waals surface area contributed by atoms with Crippen molar-refractivity contribution in [1.82, 2.24) is 14.8 Å². The Kier molecular flexibility index (Phi) is 6.77. The first-order valence-corrected chi connectivity index (χ1v) is 11.6. The molecule has 0 spiro atoms. The van der Waals surface area contributed by atoms with Gasteiger partial charge < -0.3 is 4.57 Å². The number of benzene rings is 2. The van der Waals surface area contributed by atoms with Crippen LogP contribution in [-0.2, 0) is 16.6 Å². The highest BCUT2D eigenvalue weighted by Crippen LogP contribution is 2.38. The molecule has 0 N–H and O–H groups in total. The van der Waals surface area contributed by atoms with Crippen LogP contribution in [0.3, 0.4) is 0 Å². The fourth-order valence-corrected chi connectivity index (χ4v) is 4.99. The first-order valence-electron chi connectivity index (χ1n) is 9.78. The lowest BCUT2D eigenvalue weighted by Gasteiger charge is -2.27. The maximum atomic E-state index is 15.3. The zero-order chi connectivity index (χ0) is 21.9. The summed E-state index contributed by atoms with van der Waals surface area (Å²) in [7, 11) is -3.93. The van der Waals surface area contributed by atoms with Gasteiger partial charge in [-0.1, -0.05) is 43.1 Å². The summed E-state index contributed by atoms with van der Waals surface area (Å²) in [6, 6.07) is 11.0. The molecular weight excluding hydrogens is 427 g/mol. The first-order chi connectivity index (χ1) is 14.3. The van der Waals surface area contributed by atoms with Crippen molar-refractivity contribution in [1.29, 1.82) is 0 Å². The van der Waals surface area contributed by atoms with Gasteiger partial charge in [-0.05, 0) is 44.5 Å². The average Bonchev–Trinajstić information content (AvgIpc) is 3.11. The first kappa shape index (κ1) is 22.2. The van der Waals surface area contributed by atoms with Gasteiger partial charge >= 0.3 is 0 Å². The summed E-state index contributed by atoms with van der Waals surface area (Å²) < 4.78 is 45.3. The monoisotopic (exact) mass is 450 g/mol. The maximum Gasteiger partial charge on any atom is 0.264 e. The van der Waals surface area contributed by atoms with E-state index in [0.717, 1.165) is 6.42 Å². The van der Waals surface area contributed by atoms with E-state index in [0.29, 0.717) is 18.8 Å². The van der Waals surface area contributed by atoms with Crippen LogP contribution in [-0.4, -0.2) is 29.7 Å². The van der Waals surface area contributed by atoms with Gasteiger partial charge in [0.1, 0.15) is 5.82 Å². The van der Waals surface area contributed by atoms with E-state index in [4.69, 9.17) is 11.6 Å². The lowest BCUT2D eigenvalue weighted by molar-refractivity contribution is 0.588. The molecule has 0 fully saturated rings. The molecule has 9 heteroatoms. The molecule has 0 aliphatic rings. The Labute approximate surface area is 181 Å². The van der Waals surface area contributed by atoms with E-state index in [1.165, 1.54) is 28.6 Å². The number of rotatable bonds is 8. The second-order valence-corrected chi connectivity index (χ2v) is 9.08. The minimum absolute atomic E-state index is 0.0283. The molecule has 0 saturated carbocycles. The van der Waals surface area contributed by atoms with E-state index in [1.807, 2.05) is 13.8 Å². The van der Waals surface area contributed by atoms with E-state index >= 15 is 4.39 Å². The number of hydrogen-bond donors (Lipinski definition) is 0. The molecule has 3 aromatic rings. The van der Waals surface area contributed by atoms with Gasteiger partial charge in [0, 0.05) is 13.1 Å². The second-order valence-electron chi connectivity index (χ2n) is 6.81. The summed E-state index contributed by atoms with van der Waals surface area (Å²) in [5.74, 6) is 0.125. The van der Waals surface area contributed by atoms with Gasteiger partial charge in [-0.15, -0.1) is 10.2 Å². The lowest BCUT2D eigenvalue weighted by Crippen LogP contribution is -2.33. The Bertz CT molecular complexity index is 1130. The molecule has 30 heavy (non-hydrogen) atoms. The Hall–Kier alpha value is -2.45. The zero-order valence-electron chi connectivity index (χ0n) is 17.1. The molecule has 0 aliphatic carbocycles. The van der Waals surface area contributed by atoms with Crippen LogP contribution in [0, 0.1) is 12.7 Å². The summed E-state index contributed by atoms with van der Waals surface area (Å²) in [5, 5.41) is 8.08. The molecule has 0 atom stereocenters. The highest BCUT2D eigenvalue weighted by molar-refractivity contribution is 7.92. The van der Waals surface area contributed by atoms with Crippen molar-refractivity contribution in [3.8, 4) is 11.4 Å². The molecule has 0 amide bonds. The largest absolute Gasteiger partial charge is 0.311 e. The zero-order valence-corrected chi connectivity index (χ0v) is 18.7. The van der Waals surface area contributed by atoms with E-state index in [1.54, 1.807) is 29.7 Å². The standard InChI is InChI=1S/C21H24ClFN4O2S/c1-4-6-14-27(30(28,29)16-10-8-7-9-11-16)18-13-12-17(22)20(23)19(18)21-25-24-15(3)26(21)5-2/h7-13H,4-6,14H2,1-3H3. The van der Waals surface area contributed by atoms with Crippen molar-refractivity contribution in [2.75, 3.05) is 10.8 Å². The van der Waals surface area contributed by atoms with E-state index < -0.39 is 15.8 Å². The van der Waals surface area contributed by atoms with Crippen LogP contribution in [0.15, 0.2) is 47.4 Å². The fourth-order valence-electron chi connectivity index (χ4n) is 3.30. The van der Waals surface area contributed by atoms with Gasteiger partial charge in [-0.3, -0.25) is 4.31 Å². The molecule has 6 nitrogen and oxygen atoms in total. The fraction of sp³-hybridized carbons (Fsp3) is 0.333. The number of unbranched alkanes of at least 4 members (excludes halogenated alkanes) is 1. The molecular formula is C21H24ClFN4O2S. The van der Waals surface area contributed by atoms with Crippen LogP contribution in [0.1, 0.15) is 32.5 Å². The topological polar surface area (TPSA) is 68.1 Å². The third-order valence-corrected chi connectivity index (χ3v) is 6.98. The molecule has 0 unspecified atom stereocenters. The molecule has 160 valence electrons. The summed E-state index contributed by atoms with van der Waals surface area (Å²) in [6.07, 6.45) is 1.38. The number of sulfonamides is 1. The average molecular weight is 451 g/mol. The second kappa shape index (κ2) is 9.14. The number of aryl methyl sites for hydroxylation is 1. The highest BCUT2D eigenvalue weighted by Gasteiger charge is 2.30. The number of nitrogens with zero attached hydrogens (tertiary/aromatic N) is 4. The summed E-state index contributed by atoms with van der Waals surface area (Å²) in [6.45, 7) is 6.31. The Balaban J connectivity index is 2.28. The molecule has 0 radical (unpaired) electrons. The van der Waals surface area contributed by atoms with Gasteiger partial charge in [0.15, 0.2) is 11.6 Å². The van der Waals surface area contributed by atoms with Gasteiger partial charge in [-0.25, -0.2) is 12.8 Å². The minimum Gasteiger partial charge on any atom is -0.311 e. The van der Waals surface area contributed by atoms with Crippen LogP contribution in [0.4, 0.5) is 10.1 Å². The van der Waals surface area contributed by atoms with Crippen LogP contribution in [0.5, 0.6) is 0 Å². The van der Waals surface area contributed by atoms with Crippen LogP contribution >= 0.6 is 11.6 Å². The summed E-state index contributed by atoms with van der Waals surface area (Å²) >= 11 is 6.08. The van der Waals surface area contributed by atoms with Crippen molar-refractivity contribution < 1.29 is 12.8 Å². The number of hydrogen-bond acceptors (Lipinski definition) is 4. The Morgan fingerprint density at radius 1 is 1.10 bits per heavy atom. The van der Waals surface area contributed by atoms with E-state index in [9.17, 15) is 8.42 Å². The van der Waals surface area contributed by atoms with Gasteiger partial charge in [-0.2, -0.15) is 0 Å². The Morgan fingerprint density at radius 3 is 2.43 bits per heavy atom. The smallest absolute Gasteiger partial charge is 0.264 e. The highest BCUT2D eigenvalue weighted by atomic mass is 35.5. The molecule has 0 bridgehead atoms. The molecule has 1 heterocycles. The predicted molar refractivity (Wildman–Crippen MR) is 117 cm³/mol. The maximum absolute atomic E-state index is 15.3. The molecule has 2 aromatic carbocycles. The SMILES string of the molecule is CCCCN(c1ccc(Cl)c(F)c1-c1nnc(C)n1CC)S(=O)(=O)c1ccccc1. The summed E-state index contributed by atoms with van der Waals surface area (Å²) in [5.41, 5.74) is 0.219. The number of anilines is 1. The number of aromatic nitrogens is 3. The number of halogens is 2. The normalized spacial score (nSPS) is 11.6. The van der Waals surface area contributed by atoms with Crippen LogP contribution in [0.2, 0.25) is 5.02 Å². The van der Waals surface area contributed by atoms with Crippen molar-refractivity contribution >= 4 is 27.3 Å². The van der Waals surface area contributed by atoms with Gasteiger partial charge in [0.05, 0.1) is 21.2 Å². The van der Waals surface area contributed by atoms with Gasteiger partial charge in [0.2, 0.25) is 0 Å². The molecule has 0 saturated heterocycles. The van der Waals surface area contributed by atoms with E-state index in [-0.39, 0.29) is 33.5 Å². The van der Waals surface area contributed by atoms with Crippen LogP contribution in [0.25, 0.3) is 11.4 Å². The third-order valence-electron chi connectivity index (χ3n) is 4.86.